The minimum atomic E-state index is 0.553. The van der Waals surface area contributed by atoms with Crippen LogP contribution in [0.4, 0.5) is 0 Å². The molecule has 2 heteroatoms. The zero-order valence-electron chi connectivity index (χ0n) is 11.7. The second-order valence-corrected chi connectivity index (χ2v) is 6.34. The fourth-order valence-corrected chi connectivity index (χ4v) is 4.20. The molecule has 0 amide bonds. The van der Waals surface area contributed by atoms with Gasteiger partial charge in [0.15, 0.2) is 0 Å². The number of fused-ring (bicyclic) bond motifs is 1. The molecule has 3 N–H and O–H groups in total. The van der Waals surface area contributed by atoms with Crippen LogP contribution in [0.15, 0.2) is 30.3 Å². The summed E-state index contributed by atoms with van der Waals surface area (Å²) >= 11 is 0. The van der Waals surface area contributed by atoms with E-state index in [9.17, 15) is 0 Å². The lowest BCUT2D eigenvalue weighted by atomic mass is 10.0. The third-order valence-corrected chi connectivity index (χ3v) is 5.22. The van der Waals surface area contributed by atoms with Gasteiger partial charge in [-0.05, 0) is 55.4 Å². The number of hydrogen-bond donors (Lipinski definition) is 2. The molecule has 0 spiro atoms. The Morgan fingerprint density at radius 3 is 2.42 bits per heavy atom. The molecule has 2 aliphatic carbocycles. The molecule has 19 heavy (non-hydrogen) atoms. The van der Waals surface area contributed by atoms with E-state index in [1.807, 2.05) is 0 Å². The van der Waals surface area contributed by atoms with E-state index in [0.717, 1.165) is 17.8 Å². The van der Waals surface area contributed by atoms with Crippen molar-refractivity contribution in [2.45, 2.75) is 51.0 Å². The van der Waals surface area contributed by atoms with Gasteiger partial charge in [-0.25, -0.2) is 0 Å². The van der Waals surface area contributed by atoms with Crippen LogP contribution < -0.4 is 11.3 Å². The number of benzene rings is 1. The topological polar surface area (TPSA) is 38.0 Å². The van der Waals surface area contributed by atoms with E-state index >= 15 is 0 Å². The summed E-state index contributed by atoms with van der Waals surface area (Å²) in [6.07, 6.45) is 9.44. The predicted octanol–water partition coefficient (Wildman–Crippen LogP) is 3.28. The first kappa shape index (κ1) is 13.1. The highest BCUT2D eigenvalue weighted by Crippen LogP contribution is 2.57. The van der Waals surface area contributed by atoms with E-state index < -0.39 is 0 Å². The Morgan fingerprint density at radius 2 is 1.79 bits per heavy atom. The van der Waals surface area contributed by atoms with E-state index in [0.29, 0.717) is 6.04 Å². The SMILES string of the molecule is NNC(CCCc1ccccc1)C1C2CCCCC21. The number of aryl methyl sites for hydroxylation is 1. The molecule has 0 saturated heterocycles. The lowest BCUT2D eigenvalue weighted by Gasteiger charge is -2.16. The highest BCUT2D eigenvalue weighted by molar-refractivity contribution is 5.14. The summed E-state index contributed by atoms with van der Waals surface area (Å²) in [5.41, 5.74) is 4.56. The monoisotopic (exact) mass is 258 g/mol. The van der Waals surface area contributed by atoms with Gasteiger partial charge in [0.1, 0.15) is 0 Å². The highest BCUT2D eigenvalue weighted by Gasteiger charge is 2.53. The first-order valence-corrected chi connectivity index (χ1v) is 7.90. The van der Waals surface area contributed by atoms with E-state index in [-0.39, 0.29) is 0 Å². The van der Waals surface area contributed by atoms with Crippen molar-refractivity contribution in [1.29, 1.82) is 0 Å². The Kier molecular flexibility index (Phi) is 4.19. The fraction of sp³-hybridized carbons (Fsp3) is 0.647. The van der Waals surface area contributed by atoms with Crippen molar-refractivity contribution in [2.24, 2.45) is 23.6 Å². The molecule has 0 heterocycles. The zero-order valence-corrected chi connectivity index (χ0v) is 11.7. The molecule has 0 bridgehead atoms. The minimum absolute atomic E-state index is 0.553. The Morgan fingerprint density at radius 1 is 1.11 bits per heavy atom. The van der Waals surface area contributed by atoms with Crippen LogP contribution in [0.5, 0.6) is 0 Å². The van der Waals surface area contributed by atoms with Crippen molar-refractivity contribution < 1.29 is 0 Å². The second-order valence-electron chi connectivity index (χ2n) is 6.34. The molecular weight excluding hydrogens is 232 g/mol. The summed E-state index contributed by atoms with van der Waals surface area (Å²) in [4.78, 5) is 0. The average Bonchev–Trinajstić information content (AvgIpc) is 3.19. The van der Waals surface area contributed by atoms with Crippen molar-refractivity contribution >= 4 is 0 Å². The Labute approximate surface area is 116 Å². The fourth-order valence-electron chi connectivity index (χ4n) is 4.20. The van der Waals surface area contributed by atoms with Crippen LogP contribution in [0.2, 0.25) is 0 Å². The van der Waals surface area contributed by atoms with E-state index in [2.05, 4.69) is 35.8 Å². The van der Waals surface area contributed by atoms with E-state index in [4.69, 9.17) is 5.84 Å². The third-order valence-electron chi connectivity index (χ3n) is 5.22. The molecule has 3 rings (SSSR count). The van der Waals surface area contributed by atoms with Crippen molar-refractivity contribution in [2.75, 3.05) is 0 Å². The number of hydrazine groups is 1. The van der Waals surface area contributed by atoms with Crippen molar-refractivity contribution in [1.82, 2.24) is 5.43 Å². The normalized spacial score (nSPS) is 30.7. The Bertz CT molecular complexity index is 378. The molecule has 3 atom stereocenters. The summed E-state index contributed by atoms with van der Waals surface area (Å²) in [6, 6.07) is 11.3. The summed E-state index contributed by atoms with van der Waals surface area (Å²) < 4.78 is 0. The van der Waals surface area contributed by atoms with Crippen molar-refractivity contribution in [3.05, 3.63) is 35.9 Å². The van der Waals surface area contributed by atoms with Gasteiger partial charge in [0, 0.05) is 6.04 Å². The smallest absolute Gasteiger partial charge is 0.0244 e. The molecule has 3 unspecified atom stereocenters. The molecule has 2 saturated carbocycles. The Balaban J connectivity index is 1.46. The first-order chi connectivity index (χ1) is 9.40. The molecule has 2 nitrogen and oxygen atoms in total. The molecular formula is C17H26N2. The lowest BCUT2D eigenvalue weighted by Crippen LogP contribution is -2.37. The number of nitrogens with one attached hydrogen (secondary N) is 1. The van der Waals surface area contributed by atoms with Gasteiger partial charge in [0.05, 0.1) is 0 Å². The maximum Gasteiger partial charge on any atom is 0.0244 e. The summed E-state index contributed by atoms with van der Waals surface area (Å²) in [5, 5.41) is 0. The van der Waals surface area contributed by atoms with Crippen LogP contribution in [0.25, 0.3) is 0 Å². The molecule has 0 aromatic heterocycles. The summed E-state index contributed by atoms with van der Waals surface area (Å²) in [5.74, 6) is 8.66. The quantitative estimate of drug-likeness (QED) is 0.607. The molecule has 0 radical (unpaired) electrons. The Hall–Kier alpha value is -0.860. The number of nitrogens with two attached hydrogens (primary N) is 1. The van der Waals surface area contributed by atoms with Gasteiger partial charge in [0.2, 0.25) is 0 Å². The van der Waals surface area contributed by atoms with Gasteiger partial charge in [0.25, 0.3) is 0 Å². The van der Waals surface area contributed by atoms with Gasteiger partial charge in [-0.3, -0.25) is 11.3 Å². The predicted molar refractivity (Wildman–Crippen MR) is 79.4 cm³/mol. The summed E-state index contributed by atoms with van der Waals surface area (Å²) in [6.45, 7) is 0. The van der Waals surface area contributed by atoms with Crippen molar-refractivity contribution in [3.8, 4) is 0 Å². The van der Waals surface area contributed by atoms with Crippen LogP contribution in [0, 0.1) is 17.8 Å². The van der Waals surface area contributed by atoms with Gasteiger partial charge in [-0.2, -0.15) is 0 Å². The van der Waals surface area contributed by atoms with Crippen LogP contribution >= 0.6 is 0 Å². The first-order valence-electron chi connectivity index (χ1n) is 7.90. The van der Waals surface area contributed by atoms with Crippen LogP contribution in [0.3, 0.4) is 0 Å². The molecule has 1 aromatic carbocycles. The summed E-state index contributed by atoms with van der Waals surface area (Å²) in [7, 11) is 0. The molecule has 2 fully saturated rings. The van der Waals surface area contributed by atoms with Crippen LogP contribution in [-0.4, -0.2) is 6.04 Å². The van der Waals surface area contributed by atoms with Gasteiger partial charge >= 0.3 is 0 Å². The number of rotatable bonds is 6. The van der Waals surface area contributed by atoms with E-state index in [1.165, 1.54) is 50.5 Å². The third kappa shape index (κ3) is 3.01. The van der Waals surface area contributed by atoms with E-state index in [1.54, 1.807) is 0 Å². The zero-order chi connectivity index (χ0) is 13.1. The van der Waals surface area contributed by atoms with Crippen molar-refractivity contribution in [3.63, 3.8) is 0 Å². The molecule has 1 aromatic rings. The highest BCUT2D eigenvalue weighted by atomic mass is 15.2. The van der Waals surface area contributed by atoms with Gasteiger partial charge < -0.3 is 0 Å². The maximum absolute atomic E-state index is 5.80. The molecule has 0 aliphatic heterocycles. The largest absolute Gasteiger partial charge is 0.271 e. The molecule has 2 aliphatic rings. The lowest BCUT2D eigenvalue weighted by molar-refractivity contribution is 0.404. The molecule has 104 valence electrons. The second kappa shape index (κ2) is 6.06. The van der Waals surface area contributed by atoms with Gasteiger partial charge in [-0.15, -0.1) is 0 Å². The van der Waals surface area contributed by atoms with Gasteiger partial charge in [-0.1, -0.05) is 43.2 Å². The average molecular weight is 258 g/mol. The number of hydrogen-bond acceptors (Lipinski definition) is 2. The van der Waals surface area contributed by atoms with Crippen LogP contribution in [0.1, 0.15) is 44.1 Å². The maximum atomic E-state index is 5.80. The standard InChI is InChI=1S/C17H26N2/c18-19-16(17-14-10-4-5-11-15(14)17)12-6-9-13-7-2-1-3-8-13/h1-3,7-8,14-17,19H,4-6,9-12,18H2. The van der Waals surface area contributed by atoms with Crippen LogP contribution in [-0.2, 0) is 6.42 Å². The minimum Gasteiger partial charge on any atom is -0.271 e.